The zero-order chi connectivity index (χ0) is 14.1. The van der Waals surface area contributed by atoms with Gasteiger partial charge in [0.2, 0.25) is 0 Å². The zero-order valence-corrected chi connectivity index (χ0v) is 12.3. The van der Waals surface area contributed by atoms with Crippen LogP contribution in [0.25, 0.3) is 5.57 Å². The summed E-state index contributed by atoms with van der Waals surface area (Å²) in [6, 6.07) is 1.89. The van der Waals surface area contributed by atoms with Crippen LogP contribution < -0.4 is 0 Å². The van der Waals surface area contributed by atoms with E-state index in [1.54, 1.807) is 6.20 Å². The standard InChI is InChI=1S/C14H19N3.C2H6.CH4/c1-2-3-14-16-9-8-13(17-14)12(10-15)7-6-11-4-5-11;1-2;/h7-11,15H,2-6H2,1H3;1-2H3;1H4/b12-7-,15-10?;;. The van der Waals surface area contributed by atoms with Crippen LogP contribution in [0.15, 0.2) is 18.3 Å². The molecule has 3 nitrogen and oxygen atoms in total. The lowest BCUT2D eigenvalue weighted by Crippen LogP contribution is -1.98. The summed E-state index contributed by atoms with van der Waals surface area (Å²) in [5, 5.41) is 7.48. The van der Waals surface area contributed by atoms with Crippen molar-refractivity contribution in [2.24, 2.45) is 5.92 Å². The number of hydrogen-bond acceptors (Lipinski definition) is 3. The first-order valence-electron chi connectivity index (χ1n) is 7.36. The Morgan fingerprint density at radius 1 is 1.40 bits per heavy atom. The van der Waals surface area contributed by atoms with E-state index in [4.69, 9.17) is 5.41 Å². The second kappa shape index (κ2) is 10.3. The minimum Gasteiger partial charge on any atom is -0.308 e. The molecule has 1 aromatic rings. The Balaban J connectivity index is 0.00000115. The second-order valence-electron chi connectivity index (χ2n) is 4.59. The van der Waals surface area contributed by atoms with Gasteiger partial charge >= 0.3 is 0 Å². The van der Waals surface area contributed by atoms with Crippen molar-refractivity contribution in [1.82, 2.24) is 9.97 Å². The molecule has 0 saturated heterocycles. The molecule has 20 heavy (non-hydrogen) atoms. The topological polar surface area (TPSA) is 49.6 Å². The molecule has 0 spiro atoms. The molecule has 1 heterocycles. The molecule has 2 rings (SSSR count). The molecule has 0 aromatic carbocycles. The highest BCUT2D eigenvalue weighted by Gasteiger charge is 2.19. The fourth-order valence-corrected chi connectivity index (χ4v) is 1.79. The fourth-order valence-electron chi connectivity index (χ4n) is 1.79. The van der Waals surface area contributed by atoms with Gasteiger partial charge in [0.15, 0.2) is 0 Å². The van der Waals surface area contributed by atoms with Gasteiger partial charge in [-0.25, -0.2) is 9.97 Å². The largest absolute Gasteiger partial charge is 0.308 e. The van der Waals surface area contributed by atoms with E-state index in [1.807, 2.05) is 19.9 Å². The lowest BCUT2D eigenvalue weighted by Gasteiger charge is -2.03. The van der Waals surface area contributed by atoms with Crippen LogP contribution in [0.2, 0.25) is 0 Å². The van der Waals surface area contributed by atoms with E-state index in [-0.39, 0.29) is 7.43 Å². The summed E-state index contributed by atoms with van der Waals surface area (Å²) >= 11 is 0. The molecular formula is C17H29N3. The van der Waals surface area contributed by atoms with Gasteiger partial charge < -0.3 is 5.41 Å². The maximum atomic E-state index is 7.48. The van der Waals surface area contributed by atoms with Crippen molar-refractivity contribution in [3.05, 3.63) is 29.9 Å². The summed E-state index contributed by atoms with van der Waals surface area (Å²) in [6.45, 7) is 6.12. The van der Waals surface area contributed by atoms with Crippen molar-refractivity contribution in [1.29, 1.82) is 5.41 Å². The molecular weight excluding hydrogens is 246 g/mol. The third-order valence-corrected chi connectivity index (χ3v) is 3.00. The van der Waals surface area contributed by atoms with Gasteiger partial charge in [-0.15, -0.1) is 0 Å². The van der Waals surface area contributed by atoms with Gasteiger partial charge in [-0.3, -0.25) is 0 Å². The van der Waals surface area contributed by atoms with Crippen molar-refractivity contribution in [3.63, 3.8) is 0 Å². The summed E-state index contributed by atoms with van der Waals surface area (Å²) < 4.78 is 0. The molecule has 1 fully saturated rings. The van der Waals surface area contributed by atoms with Gasteiger partial charge in [-0.1, -0.05) is 34.3 Å². The molecule has 0 aliphatic heterocycles. The molecule has 0 bridgehead atoms. The zero-order valence-electron chi connectivity index (χ0n) is 12.3. The Morgan fingerprint density at radius 3 is 2.65 bits per heavy atom. The summed E-state index contributed by atoms with van der Waals surface area (Å²) in [6.07, 6.45) is 11.1. The van der Waals surface area contributed by atoms with Crippen LogP contribution in [0.1, 0.15) is 65.4 Å². The van der Waals surface area contributed by atoms with E-state index in [9.17, 15) is 0 Å². The number of allylic oxidation sites excluding steroid dienone is 2. The van der Waals surface area contributed by atoms with Gasteiger partial charge in [0.25, 0.3) is 0 Å². The van der Waals surface area contributed by atoms with Gasteiger partial charge in [-0.05, 0) is 37.7 Å². The Labute approximate surface area is 124 Å². The van der Waals surface area contributed by atoms with Crippen LogP contribution in [0.4, 0.5) is 0 Å². The van der Waals surface area contributed by atoms with E-state index in [2.05, 4.69) is 23.0 Å². The average Bonchev–Trinajstić information content (AvgIpc) is 3.27. The molecule has 3 heteroatoms. The predicted octanol–water partition coefficient (Wildman–Crippen LogP) is 4.92. The molecule has 1 aromatic heterocycles. The van der Waals surface area contributed by atoms with E-state index in [0.29, 0.717) is 0 Å². The number of hydrogen-bond donors (Lipinski definition) is 1. The highest BCUT2D eigenvalue weighted by atomic mass is 14.9. The molecule has 0 atom stereocenters. The van der Waals surface area contributed by atoms with Crippen molar-refractivity contribution < 1.29 is 0 Å². The Kier molecular flexibility index (Phi) is 9.52. The van der Waals surface area contributed by atoms with E-state index in [1.165, 1.54) is 19.1 Å². The number of aromatic nitrogens is 2. The first-order chi connectivity index (χ1) is 9.33. The molecule has 1 saturated carbocycles. The smallest absolute Gasteiger partial charge is 0.128 e. The fraction of sp³-hybridized carbons (Fsp3) is 0.588. The predicted molar refractivity (Wildman–Crippen MR) is 88.2 cm³/mol. The lowest BCUT2D eigenvalue weighted by molar-refractivity contribution is 0.830. The highest BCUT2D eigenvalue weighted by molar-refractivity contribution is 6.07. The Hall–Kier alpha value is -1.51. The first-order valence-corrected chi connectivity index (χ1v) is 7.36. The van der Waals surface area contributed by atoms with Crippen LogP contribution in [0.3, 0.4) is 0 Å². The summed E-state index contributed by atoms with van der Waals surface area (Å²) in [5.41, 5.74) is 1.82. The van der Waals surface area contributed by atoms with Crippen molar-refractivity contribution in [2.45, 2.75) is 60.3 Å². The lowest BCUT2D eigenvalue weighted by atomic mass is 10.1. The third kappa shape index (κ3) is 6.09. The van der Waals surface area contributed by atoms with Gasteiger partial charge in [0.1, 0.15) is 5.82 Å². The number of nitrogens with one attached hydrogen (secondary N) is 1. The minimum atomic E-state index is 0. The summed E-state index contributed by atoms with van der Waals surface area (Å²) in [5.74, 6) is 1.73. The van der Waals surface area contributed by atoms with Gasteiger partial charge in [-0.2, -0.15) is 0 Å². The molecule has 1 N–H and O–H groups in total. The van der Waals surface area contributed by atoms with Crippen molar-refractivity contribution in [2.75, 3.05) is 0 Å². The summed E-state index contributed by atoms with van der Waals surface area (Å²) in [7, 11) is 0. The average molecular weight is 275 g/mol. The van der Waals surface area contributed by atoms with Crippen LogP contribution >= 0.6 is 0 Å². The van der Waals surface area contributed by atoms with Crippen LogP contribution in [-0.2, 0) is 6.42 Å². The molecule has 0 unspecified atom stereocenters. The minimum absolute atomic E-state index is 0. The quantitative estimate of drug-likeness (QED) is 0.749. The van der Waals surface area contributed by atoms with Crippen LogP contribution in [0, 0.1) is 11.3 Å². The van der Waals surface area contributed by atoms with Crippen LogP contribution in [-0.4, -0.2) is 16.2 Å². The normalized spacial score (nSPS) is 13.8. The van der Waals surface area contributed by atoms with E-state index in [0.717, 1.165) is 42.3 Å². The number of nitrogens with zero attached hydrogens (tertiary/aromatic N) is 2. The van der Waals surface area contributed by atoms with Gasteiger partial charge in [0, 0.05) is 24.4 Å². The molecule has 112 valence electrons. The maximum absolute atomic E-state index is 7.48. The maximum Gasteiger partial charge on any atom is 0.128 e. The van der Waals surface area contributed by atoms with Gasteiger partial charge in [0.05, 0.1) is 5.69 Å². The monoisotopic (exact) mass is 275 g/mol. The Bertz CT molecular complexity index is 420. The second-order valence-corrected chi connectivity index (χ2v) is 4.59. The SMILES string of the molecule is C.CC.CCCc1nccc(/C(C=N)=C\CC2CC2)n1. The van der Waals surface area contributed by atoms with Crippen molar-refractivity contribution in [3.8, 4) is 0 Å². The number of aryl methyl sites for hydroxylation is 1. The molecule has 0 amide bonds. The molecule has 0 radical (unpaired) electrons. The van der Waals surface area contributed by atoms with E-state index < -0.39 is 0 Å². The summed E-state index contributed by atoms with van der Waals surface area (Å²) in [4.78, 5) is 8.74. The first kappa shape index (κ1) is 18.5. The highest BCUT2D eigenvalue weighted by Crippen LogP contribution is 2.33. The van der Waals surface area contributed by atoms with Crippen molar-refractivity contribution >= 4 is 11.8 Å². The third-order valence-electron chi connectivity index (χ3n) is 3.00. The molecule has 1 aliphatic rings. The van der Waals surface area contributed by atoms with E-state index >= 15 is 0 Å². The van der Waals surface area contributed by atoms with Crippen LogP contribution in [0.5, 0.6) is 0 Å². The Morgan fingerprint density at radius 2 is 2.10 bits per heavy atom. The molecule has 1 aliphatic carbocycles. The number of rotatable bonds is 6.